The summed E-state index contributed by atoms with van der Waals surface area (Å²) in [5, 5.41) is 7.74. The summed E-state index contributed by atoms with van der Waals surface area (Å²) in [6.45, 7) is 0. The molecule has 0 unspecified atom stereocenters. The summed E-state index contributed by atoms with van der Waals surface area (Å²) in [6.07, 6.45) is 1.55. The Morgan fingerprint density at radius 1 is 1.55 bits per heavy atom. The van der Waals surface area contributed by atoms with E-state index in [0.29, 0.717) is 5.65 Å². The van der Waals surface area contributed by atoms with Gasteiger partial charge < -0.3 is 0 Å². The molecule has 5 heteroatoms. The fourth-order valence-electron chi connectivity index (χ4n) is 0.921. The van der Waals surface area contributed by atoms with Crippen LogP contribution in [0.1, 0.15) is 0 Å². The van der Waals surface area contributed by atoms with E-state index in [-0.39, 0.29) is 5.69 Å². The van der Waals surface area contributed by atoms with Gasteiger partial charge in [0.1, 0.15) is 0 Å². The Morgan fingerprint density at radius 2 is 2.36 bits per heavy atom. The maximum absolute atomic E-state index is 11.1. The summed E-state index contributed by atoms with van der Waals surface area (Å²) in [5.74, 6) is 0. The zero-order valence-corrected chi connectivity index (χ0v) is 5.93. The van der Waals surface area contributed by atoms with E-state index in [1.165, 1.54) is 9.20 Å². The Kier molecular flexibility index (Phi) is 1.06. The topological polar surface area (TPSA) is 52.2 Å². The molecule has 2 rings (SSSR count). The zero-order valence-electron chi connectivity index (χ0n) is 5.93. The van der Waals surface area contributed by atoms with Crippen molar-refractivity contribution in [3.05, 3.63) is 28.8 Å². The molecular weight excluding hydrogens is 144 g/mol. The molecule has 0 radical (unpaired) electrons. The van der Waals surface area contributed by atoms with Crippen LogP contribution in [0.4, 0.5) is 0 Å². The molecule has 56 valence electrons. The summed E-state index contributed by atoms with van der Waals surface area (Å²) >= 11 is 0. The minimum Gasteiger partial charge on any atom is -0.244 e. The fraction of sp³-hybridized carbons (Fsp3) is 0.167. The normalized spacial score (nSPS) is 10.6. The third-order valence-corrected chi connectivity index (χ3v) is 1.44. The Morgan fingerprint density at radius 3 is 3.09 bits per heavy atom. The van der Waals surface area contributed by atoms with E-state index in [1.807, 2.05) is 0 Å². The van der Waals surface area contributed by atoms with Crippen LogP contribution < -0.4 is 5.69 Å². The van der Waals surface area contributed by atoms with E-state index < -0.39 is 0 Å². The summed E-state index contributed by atoms with van der Waals surface area (Å²) in [5.41, 5.74) is 0.348. The molecule has 0 bridgehead atoms. The first kappa shape index (κ1) is 6.09. The monoisotopic (exact) mass is 150 g/mol. The third-order valence-electron chi connectivity index (χ3n) is 1.44. The lowest BCUT2D eigenvalue weighted by Gasteiger charge is -1.82. The Balaban J connectivity index is 3.04. The summed E-state index contributed by atoms with van der Waals surface area (Å²) in [6, 6.07) is 3.47. The van der Waals surface area contributed by atoms with Gasteiger partial charge in [0.2, 0.25) is 0 Å². The van der Waals surface area contributed by atoms with Crippen molar-refractivity contribution in [3.8, 4) is 0 Å². The van der Waals surface area contributed by atoms with E-state index in [1.54, 1.807) is 25.4 Å². The van der Waals surface area contributed by atoms with Crippen LogP contribution in [0.3, 0.4) is 0 Å². The number of nitrogens with zero attached hydrogens (tertiary/aromatic N) is 4. The molecule has 0 saturated heterocycles. The number of hydrogen-bond acceptors (Lipinski definition) is 3. The molecule has 2 aromatic heterocycles. The molecule has 0 amide bonds. The van der Waals surface area contributed by atoms with E-state index in [0.717, 1.165) is 0 Å². The van der Waals surface area contributed by atoms with Crippen LogP contribution in [0.2, 0.25) is 0 Å². The standard InChI is InChI=1S/C6H6N4O/c1-9-6(11)10-5(8-9)3-2-4-7-10/h2-4H,1H3. The smallest absolute Gasteiger partial charge is 0.244 e. The van der Waals surface area contributed by atoms with Crippen molar-refractivity contribution >= 4 is 5.65 Å². The molecule has 5 nitrogen and oxygen atoms in total. The predicted octanol–water partition coefficient (Wildman–Crippen LogP) is -0.572. The zero-order chi connectivity index (χ0) is 7.84. The van der Waals surface area contributed by atoms with Crippen molar-refractivity contribution < 1.29 is 0 Å². The lowest BCUT2D eigenvalue weighted by molar-refractivity contribution is 0.717. The van der Waals surface area contributed by atoms with Gasteiger partial charge in [0, 0.05) is 13.2 Å². The van der Waals surface area contributed by atoms with Gasteiger partial charge in [-0.05, 0) is 12.1 Å². The van der Waals surface area contributed by atoms with Crippen LogP contribution in [-0.2, 0) is 7.05 Å². The van der Waals surface area contributed by atoms with Gasteiger partial charge in [-0.15, -0.1) is 5.10 Å². The molecule has 0 aliphatic rings. The Hall–Kier alpha value is -1.65. The van der Waals surface area contributed by atoms with Crippen LogP contribution >= 0.6 is 0 Å². The number of rotatable bonds is 0. The van der Waals surface area contributed by atoms with Crippen molar-refractivity contribution in [3.63, 3.8) is 0 Å². The number of fused-ring (bicyclic) bond motifs is 1. The summed E-state index contributed by atoms with van der Waals surface area (Å²) < 4.78 is 2.50. The van der Waals surface area contributed by atoms with Crippen LogP contribution in [0.25, 0.3) is 5.65 Å². The van der Waals surface area contributed by atoms with Gasteiger partial charge in [0.25, 0.3) is 0 Å². The first-order valence-corrected chi connectivity index (χ1v) is 3.16. The highest BCUT2D eigenvalue weighted by atomic mass is 16.2. The van der Waals surface area contributed by atoms with Crippen molar-refractivity contribution in [1.82, 2.24) is 19.4 Å². The maximum atomic E-state index is 11.1. The second kappa shape index (κ2) is 1.91. The lowest BCUT2D eigenvalue weighted by atomic mass is 10.6. The third kappa shape index (κ3) is 0.739. The van der Waals surface area contributed by atoms with E-state index in [2.05, 4.69) is 10.2 Å². The van der Waals surface area contributed by atoms with Gasteiger partial charge in [-0.3, -0.25) is 0 Å². The summed E-state index contributed by atoms with van der Waals surface area (Å²) in [4.78, 5) is 11.1. The second-order valence-corrected chi connectivity index (χ2v) is 2.20. The molecule has 0 N–H and O–H groups in total. The quantitative estimate of drug-likeness (QED) is 0.505. The first-order valence-electron chi connectivity index (χ1n) is 3.16. The van der Waals surface area contributed by atoms with Crippen molar-refractivity contribution in [1.29, 1.82) is 0 Å². The number of aryl methyl sites for hydroxylation is 1. The van der Waals surface area contributed by atoms with E-state index in [4.69, 9.17) is 0 Å². The highest BCUT2D eigenvalue weighted by Crippen LogP contribution is 1.89. The highest BCUT2D eigenvalue weighted by Gasteiger charge is 2.00. The molecule has 0 fully saturated rings. The van der Waals surface area contributed by atoms with Gasteiger partial charge in [-0.1, -0.05) is 0 Å². The number of aromatic nitrogens is 4. The van der Waals surface area contributed by atoms with Crippen molar-refractivity contribution in [2.45, 2.75) is 0 Å². The lowest BCUT2D eigenvalue weighted by Crippen LogP contribution is -2.19. The van der Waals surface area contributed by atoms with E-state index >= 15 is 0 Å². The minimum absolute atomic E-state index is 0.222. The second-order valence-electron chi connectivity index (χ2n) is 2.20. The van der Waals surface area contributed by atoms with Crippen LogP contribution in [0.15, 0.2) is 23.1 Å². The number of hydrogen-bond donors (Lipinski definition) is 0. The van der Waals surface area contributed by atoms with Crippen molar-refractivity contribution in [2.75, 3.05) is 0 Å². The Bertz CT molecular complexity index is 441. The minimum atomic E-state index is -0.222. The van der Waals surface area contributed by atoms with Crippen molar-refractivity contribution in [2.24, 2.45) is 7.05 Å². The predicted molar refractivity (Wildman–Crippen MR) is 38.2 cm³/mol. The summed E-state index contributed by atoms with van der Waals surface area (Å²) in [7, 11) is 1.59. The molecule has 0 aliphatic heterocycles. The Labute approximate surface area is 61.9 Å². The molecule has 2 heterocycles. The van der Waals surface area contributed by atoms with Gasteiger partial charge in [0.15, 0.2) is 5.65 Å². The molecule has 0 atom stereocenters. The molecule has 11 heavy (non-hydrogen) atoms. The molecule has 0 spiro atoms. The van der Waals surface area contributed by atoms with Gasteiger partial charge in [-0.2, -0.15) is 9.61 Å². The highest BCUT2D eigenvalue weighted by molar-refractivity contribution is 5.32. The largest absolute Gasteiger partial charge is 0.366 e. The molecule has 2 aromatic rings. The fourth-order valence-corrected chi connectivity index (χ4v) is 0.921. The average molecular weight is 150 g/mol. The van der Waals surface area contributed by atoms with Crippen LogP contribution in [0, 0.1) is 0 Å². The molecule has 0 aromatic carbocycles. The van der Waals surface area contributed by atoms with Crippen LogP contribution in [-0.4, -0.2) is 19.4 Å². The average Bonchev–Trinajstić information content (AvgIpc) is 2.30. The molecule has 0 saturated carbocycles. The maximum Gasteiger partial charge on any atom is 0.366 e. The molecule has 0 aliphatic carbocycles. The van der Waals surface area contributed by atoms with Gasteiger partial charge in [0.05, 0.1) is 0 Å². The van der Waals surface area contributed by atoms with Crippen LogP contribution in [0.5, 0.6) is 0 Å². The SMILES string of the molecule is Cn1nc2cccnn2c1=O. The van der Waals surface area contributed by atoms with Gasteiger partial charge in [-0.25, -0.2) is 9.48 Å². The first-order chi connectivity index (χ1) is 5.29. The van der Waals surface area contributed by atoms with Gasteiger partial charge >= 0.3 is 5.69 Å². The van der Waals surface area contributed by atoms with E-state index in [9.17, 15) is 4.79 Å². The molecular formula is C6H6N4O.